The van der Waals surface area contributed by atoms with E-state index in [0.29, 0.717) is 12.3 Å². The molecule has 158 valence electrons. The molecule has 3 heterocycles. The monoisotopic (exact) mass is 409 g/mol. The summed E-state index contributed by atoms with van der Waals surface area (Å²) in [4.78, 5) is 15.1. The van der Waals surface area contributed by atoms with Crippen molar-refractivity contribution in [1.82, 2.24) is 15.4 Å². The van der Waals surface area contributed by atoms with Crippen molar-refractivity contribution in [3.63, 3.8) is 0 Å². The quantitative estimate of drug-likeness (QED) is 0.630. The Morgan fingerprint density at radius 1 is 1.17 bits per heavy atom. The van der Waals surface area contributed by atoms with E-state index >= 15 is 0 Å². The molecule has 0 bridgehead atoms. The van der Waals surface area contributed by atoms with Gasteiger partial charge in [-0.3, -0.25) is 9.69 Å². The molecule has 1 aromatic carbocycles. The number of nitrogens with one attached hydrogen (secondary N) is 1. The molecular weight excluding hydrogens is 382 g/mol. The number of carbonyl (C=O) groups is 1. The molecular formula is C23H27N3O4. The number of hydrogen-bond donors (Lipinski definition) is 1. The summed E-state index contributed by atoms with van der Waals surface area (Å²) in [6.07, 6.45) is 3.58. The second-order valence-corrected chi connectivity index (χ2v) is 7.58. The minimum absolute atomic E-state index is 0.0101. The maximum atomic E-state index is 12.7. The Labute approximate surface area is 176 Å². The predicted octanol–water partition coefficient (Wildman–Crippen LogP) is 4.21. The Morgan fingerprint density at radius 2 is 1.93 bits per heavy atom. The minimum atomic E-state index is -0.260. The van der Waals surface area contributed by atoms with Crippen molar-refractivity contribution in [3.8, 4) is 17.1 Å². The topological polar surface area (TPSA) is 80.7 Å². The Bertz CT molecular complexity index is 971. The largest absolute Gasteiger partial charge is 0.497 e. The van der Waals surface area contributed by atoms with E-state index < -0.39 is 0 Å². The van der Waals surface area contributed by atoms with Gasteiger partial charge in [-0.15, -0.1) is 0 Å². The number of aromatic nitrogens is 1. The molecule has 1 amide bonds. The molecule has 0 saturated carbocycles. The van der Waals surface area contributed by atoms with E-state index in [2.05, 4.69) is 15.4 Å². The van der Waals surface area contributed by atoms with Crippen molar-refractivity contribution in [2.45, 2.75) is 32.2 Å². The number of carbonyl (C=O) groups excluding carboxylic acids is 1. The molecule has 3 aromatic rings. The van der Waals surface area contributed by atoms with Crippen LogP contribution in [0, 0.1) is 6.92 Å². The Kier molecular flexibility index (Phi) is 6.18. The zero-order valence-electron chi connectivity index (χ0n) is 17.4. The van der Waals surface area contributed by atoms with Crippen LogP contribution < -0.4 is 10.1 Å². The highest BCUT2D eigenvalue weighted by Crippen LogP contribution is 2.26. The molecule has 2 aromatic heterocycles. The van der Waals surface area contributed by atoms with Crippen LogP contribution in [0.1, 0.15) is 47.3 Å². The third-order valence-corrected chi connectivity index (χ3v) is 5.49. The van der Waals surface area contributed by atoms with Crippen molar-refractivity contribution in [2.75, 3.05) is 26.7 Å². The summed E-state index contributed by atoms with van der Waals surface area (Å²) in [5.41, 5.74) is 1.09. The molecule has 1 aliphatic heterocycles. The Morgan fingerprint density at radius 3 is 2.60 bits per heavy atom. The SMILES string of the molecule is COc1ccc(-c2cc(C(=O)NC[C@@H](c3ccc(C)o3)N3CCCCC3)no2)cc1. The number of piperidine rings is 1. The van der Waals surface area contributed by atoms with Crippen LogP contribution in [0.15, 0.2) is 51.4 Å². The maximum Gasteiger partial charge on any atom is 0.273 e. The lowest BCUT2D eigenvalue weighted by Crippen LogP contribution is -2.40. The van der Waals surface area contributed by atoms with Gasteiger partial charge in [-0.2, -0.15) is 0 Å². The molecule has 4 rings (SSSR count). The summed E-state index contributed by atoms with van der Waals surface area (Å²) in [5, 5.41) is 6.95. The van der Waals surface area contributed by atoms with Crippen molar-refractivity contribution < 1.29 is 18.5 Å². The predicted molar refractivity (Wildman–Crippen MR) is 112 cm³/mol. The number of aryl methyl sites for hydroxylation is 1. The molecule has 7 heteroatoms. The number of nitrogens with zero attached hydrogens (tertiary/aromatic N) is 2. The molecule has 0 aliphatic carbocycles. The Hall–Kier alpha value is -3.06. The fraction of sp³-hybridized carbons (Fsp3) is 0.391. The lowest BCUT2D eigenvalue weighted by Gasteiger charge is -2.33. The lowest BCUT2D eigenvalue weighted by molar-refractivity contribution is 0.0905. The minimum Gasteiger partial charge on any atom is -0.497 e. The summed E-state index contributed by atoms with van der Waals surface area (Å²) in [6, 6.07) is 13.0. The van der Waals surface area contributed by atoms with Gasteiger partial charge in [0.05, 0.1) is 13.2 Å². The summed E-state index contributed by atoms with van der Waals surface area (Å²) in [5.74, 6) is 2.79. The van der Waals surface area contributed by atoms with Crippen LogP contribution in [-0.2, 0) is 0 Å². The molecule has 0 spiro atoms. The summed E-state index contributed by atoms with van der Waals surface area (Å²) in [6.45, 7) is 4.40. The van der Waals surface area contributed by atoms with Crippen molar-refractivity contribution in [1.29, 1.82) is 0 Å². The summed E-state index contributed by atoms with van der Waals surface area (Å²) < 4.78 is 16.4. The van der Waals surface area contributed by atoms with Gasteiger partial charge in [0.15, 0.2) is 11.5 Å². The van der Waals surface area contributed by atoms with Crippen LogP contribution in [-0.4, -0.2) is 42.7 Å². The number of rotatable bonds is 7. The van der Waals surface area contributed by atoms with Crippen molar-refractivity contribution in [2.24, 2.45) is 0 Å². The van der Waals surface area contributed by atoms with Crippen LogP contribution in [0.25, 0.3) is 11.3 Å². The second-order valence-electron chi connectivity index (χ2n) is 7.58. The first-order valence-corrected chi connectivity index (χ1v) is 10.3. The number of ether oxygens (including phenoxy) is 1. The van der Waals surface area contributed by atoms with E-state index in [0.717, 1.165) is 35.9 Å². The first-order chi connectivity index (χ1) is 14.6. The molecule has 30 heavy (non-hydrogen) atoms. The van der Waals surface area contributed by atoms with Gasteiger partial charge in [0.25, 0.3) is 5.91 Å². The smallest absolute Gasteiger partial charge is 0.273 e. The van der Waals surface area contributed by atoms with Crippen LogP contribution in [0.5, 0.6) is 5.75 Å². The van der Waals surface area contributed by atoms with Gasteiger partial charge in [0, 0.05) is 18.2 Å². The second kappa shape index (κ2) is 9.17. The Balaban J connectivity index is 1.43. The number of likely N-dealkylation sites (tertiary alicyclic amines) is 1. The van der Waals surface area contributed by atoms with Gasteiger partial charge in [-0.1, -0.05) is 11.6 Å². The molecule has 0 unspecified atom stereocenters. The van der Waals surface area contributed by atoms with E-state index in [-0.39, 0.29) is 17.6 Å². The molecule has 1 saturated heterocycles. The van der Waals surface area contributed by atoms with E-state index in [9.17, 15) is 4.79 Å². The van der Waals surface area contributed by atoms with E-state index in [1.165, 1.54) is 19.3 Å². The molecule has 1 atom stereocenters. The fourth-order valence-electron chi connectivity index (χ4n) is 3.83. The van der Waals surface area contributed by atoms with Gasteiger partial charge in [0.1, 0.15) is 17.3 Å². The zero-order chi connectivity index (χ0) is 20.9. The highest BCUT2D eigenvalue weighted by molar-refractivity contribution is 5.93. The number of amides is 1. The van der Waals surface area contributed by atoms with Gasteiger partial charge in [0.2, 0.25) is 0 Å². The average molecular weight is 409 g/mol. The van der Waals surface area contributed by atoms with Crippen molar-refractivity contribution in [3.05, 3.63) is 59.7 Å². The van der Waals surface area contributed by atoms with Crippen molar-refractivity contribution >= 4 is 5.91 Å². The van der Waals surface area contributed by atoms with Gasteiger partial charge < -0.3 is 19.0 Å². The molecule has 1 N–H and O–H groups in total. The number of hydrogen-bond acceptors (Lipinski definition) is 6. The van der Waals surface area contributed by atoms with Gasteiger partial charge in [-0.05, 0) is 69.3 Å². The fourth-order valence-corrected chi connectivity index (χ4v) is 3.83. The first kappa shape index (κ1) is 20.2. The maximum absolute atomic E-state index is 12.7. The molecule has 0 radical (unpaired) electrons. The first-order valence-electron chi connectivity index (χ1n) is 10.3. The number of furan rings is 1. The third kappa shape index (κ3) is 4.57. The zero-order valence-corrected chi connectivity index (χ0v) is 17.4. The van der Waals surface area contributed by atoms with Gasteiger partial charge >= 0.3 is 0 Å². The number of methoxy groups -OCH3 is 1. The van der Waals surface area contributed by atoms with Crippen LogP contribution in [0.3, 0.4) is 0 Å². The van der Waals surface area contributed by atoms with Crippen LogP contribution >= 0.6 is 0 Å². The third-order valence-electron chi connectivity index (χ3n) is 5.49. The average Bonchev–Trinajstić information content (AvgIpc) is 3.44. The lowest BCUT2D eigenvalue weighted by atomic mass is 10.1. The van der Waals surface area contributed by atoms with Gasteiger partial charge in [-0.25, -0.2) is 0 Å². The van der Waals surface area contributed by atoms with E-state index in [1.807, 2.05) is 43.3 Å². The molecule has 7 nitrogen and oxygen atoms in total. The molecule has 1 aliphatic rings. The van der Waals surface area contributed by atoms with E-state index in [4.69, 9.17) is 13.7 Å². The van der Waals surface area contributed by atoms with Crippen LogP contribution in [0.2, 0.25) is 0 Å². The normalized spacial score (nSPS) is 15.7. The van der Waals surface area contributed by atoms with E-state index in [1.54, 1.807) is 13.2 Å². The van der Waals surface area contributed by atoms with Crippen LogP contribution in [0.4, 0.5) is 0 Å². The highest BCUT2D eigenvalue weighted by atomic mass is 16.5. The number of benzene rings is 1. The highest BCUT2D eigenvalue weighted by Gasteiger charge is 2.26. The molecule has 1 fully saturated rings. The summed E-state index contributed by atoms with van der Waals surface area (Å²) >= 11 is 0. The standard InChI is InChI=1S/C23H27N3O4/c1-16-6-11-21(29-16)20(26-12-4-3-5-13-26)15-24-23(27)19-14-22(30-25-19)17-7-9-18(28-2)10-8-17/h6-11,14,20H,3-5,12-13,15H2,1-2H3,(H,24,27)/t20-/m0/s1. The summed E-state index contributed by atoms with van der Waals surface area (Å²) in [7, 11) is 1.62.